The number of nitrogens with one attached hydrogen (secondary N) is 1. The number of benzene rings is 1. The SMILES string of the molecule is COc1ccc(C/N=C(\C)c2ncc(C(=O)Nc3cc(C(F)(F)F)c(Cl)cn3)s2)cc1. The molecule has 31 heavy (non-hydrogen) atoms. The quantitative estimate of drug-likeness (QED) is 0.486. The Bertz CT molecular complexity index is 1110. The second-order valence-electron chi connectivity index (χ2n) is 6.28. The first kappa shape index (κ1) is 22.7. The Labute approximate surface area is 184 Å². The highest BCUT2D eigenvalue weighted by atomic mass is 35.5. The van der Waals surface area contributed by atoms with Gasteiger partial charge in [-0.05, 0) is 30.7 Å². The second kappa shape index (κ2) is 9.44. The normalized spacial score (nSPS) is 12.0. The lowest BCUT2D eigenvalue weighted by Gasteiger charge is -2.10. The fraction of sp³-hybridized carbons (Fsp3) is 0.200. The van der Waals surface area contributed by atoms with Crippen molar-refractivity contribution >= 4 is 40.4 Å². The van der Waals surface area contributed by atoms with Crippen LogP contribution in [0.1, 0.15) is 32.7 Å². The number of methoxy groups -OCH3 is 1. The molecular weight excluding hydrogens is 453 g/mol. The number of thiazole rings is 1. The molecule has 11 heteroatoms. The van der Waals surface area contributed by atoms with Gasteiger partial charge in [-0.3, -0.25) is 9.79 Å². The Balaban J connectivity index is 1.69. The molecule has 2 heterocycles. The molecule has 0 bridgehead atoms. The molecule has 0 radical (unpaired) electrons. The number of hydrogen-bond donors (Lipinski definition) is 1. The zero-order chi connectivity index (χ0) is 22.6. The molecule has 0 spiro atoms. The van der Waals surface area contributed by atoms with Crippen LogP contribution in [0, 0.1) is 0 Å². The Morgan fingerprint density at radius 2 is 1.94 bits per heavy atom. The highest BCUT2D eigenvalue weighted by Crippen LogP contribution is 2.35. The van der Waals surface area contributed by atoms with E-state index >= 15 is 0 Å². The Kier molecular flexibility index (Phi) is 6.91. The van der Waals surface area contributed by atoms with E-state index in [1.165, 1.54) is 6.20 Å². The van der Waals surface area contributed by atoms with Crippen LogP contribution in [-0.2, 0) is 12.7 Å². The first-order chi connectivity index (χ1) is 14.7. The van der Waals surface area contributed by atoms with Crippen LogP contribution in [0.25, 0.3) is 0 Å². The van der Waals surface area contributed by atoms with Crippen LogP contribution in [0.4, 0.5) is 19.0 Å². The summed E-state index contributed by atoms with van der Waals surface area (Å²) in [6.07, 6.45) is -2.48. The lowest BCUT2D eigenvalue weighted by atomic mass is 10.2. The first-order valence-corrected chi connectivity index (χ1v) is 10.0. The summed E-state index contributed by atoms with van der Waals surface area (Å²) in [4.78, 5) is 25.0. The van der Waals surface area contributed by atoms with Gasteiger partial charge in [0.15, 0.2) is 0 Å². The fourth-order valence-corrected chi connectivity index (χ4v) is 3.44. The maximum Gasteiger partial charge on any atom is 0.418 e. The van der Waals surface area contributed by atoms with Crippen molar-refractivity contribution in [1.82, 2.24) is 9.97 Å². The molecule has 1 amide bonds. The van der Waals surface area contributed by atoms with Gasteiger partial charge in [0.1, 0.15) is 21.5 Å². The fourth-order valence-electron chi connectivity index (χ4n) is 2.46. The number of hydrogen-bond acceptors (Lipinski definition) is 6. The third-order valence-corrected chi connectivity index (χ3v) is 5.51. The Morgan fingerprint density at radius 3 is 2.58 bits per heavy atom. The van der Waals surface area contributed by atoms with E-state index in [1.54, 1.807) is 14.0 Å². The van der Waals surface area contributed by atoms with E-state index < -0.39 is 22.7 Å². The summed E-state index contributed by atoms with van der Waals surface area (Å²) in [5, 5.41) is 2.31. The third-order valence-electron chi connectivity index (χ3n) is 4.10. The molecule has 3 rings (SSSR count). The van der Waals surface area contributed by atoms with Crippen molar-refractivity contribution < 1.29 is 22.7 Å². The van der Waals surface area contributed by atoms with E-state index in [9.17, 15) is 18.0 Å². The number of nitrogens with zero attached hydrogens (tertiary/aromatic N) is 3. The summed E-state index contributed by atoms with van der Waals surface area (Å²) in [6, 6.07) is 8.14. The lowest BCUT2D eigenvalue weighted by molar-refractivity contribution is -0.137. The van der Waals surface area contributed by atoms with Gasteiger partial charge in [-0.25, -0.2) is 9.97 Å². The molecule has 0 aliphatic heterocycles. The van der Waals surface area contributed by atoms with Crippen molar-refractivity contribution in [2.75, 3.05) is 12.4 Å². The molecule has 0 fully saturated rings. The van der Waals surface area contributed by atoms with Crippen molar-refractivity contribution in [3.05, 3.63) is 68.8 Å². The van der Waals surface area contributed by atoms with E-state index in [-0.39, 0.29) is 10.7 Å². The molecule has 0 aliphatic rings. The Hall–Kier alpha value is -2.98. The van der Waals surface area contributed by atoms with Crippen LogP contribution >= 0.6 is 22.9 Å². The number of aliphatic imine (C=N–C) groups is 1. The number of ether oxygens (including phenoxy) is 1. The summed E-state index contributed by atoms with van der Waals surface area (Å²) in [6.45, 7) is 2.19. The molecule has 0 saturated heterocycles. The molecule has 0 saturated carbocycles. The summed E-state index contributed by atoms with van der Waals surface area (Å²) in [5.74, 6) is -0.145. The van der Waals surface area contributed by atoms with Gasteiger partial charge in [0.05, 0.1) is 36.1 Å². The van der Waals surface area contributed by atoms with Gasteiger partial charge in [-0.2, -0.15) is 13.2 Å². The van der Waals surface area contributed by atoms with Gasteiger partial charge in [0.2, 0.25) is 0 Å². The van der Waals surface area contributed by atoms with Gasteiger partial charge in [-0.1, -0.05) is 23.7 Å². The van der Waals surface area contributed by atoms with Gasteiger partial charge < -0.3 is 10.1 Å². The van der Waals surface area contributed by atoms with E-state index in [2.05, 4.69) is 20.3 Å². The minimum atomic E-state index is -4.66. The standard InChI is InChI=1S/C20H16ClF3N4O2S/c1-11(25-8-12-3-5-13(30-2)6-4-12)19-27-10-16(31-19)18(29)28-17-7-14(20(22,23)24)15(21)9-26-17/h3-7,9-10H,8H2,1-2H3,(H,26,28,29)/b25-11+. The minimum absolute atomic E-state index is 0.208. The lowest BCUT2D eigenvalue weighted by Crippen LogP contribution is -2.13. The van der Waals surface area contributed by atoms with E-state index in [4.69, 9.17) is 16.3 Å². The molecule has 1 aromatic carbocycles. The highest BCUT2D eigenvalue weighted by Gasteiger charge is 2.34. The third kappa shape index (κ3) is 5.80. The van der Waals surface area contributed by atoms with Crippen molar-refractivity contribution in [2.24, 2.45) is 4.99 Å². The number of alkyl halides is 3. The number of amides is 1. The van der Waals surface area contributed by atoms with Crippen LogP contribution in [0.3, 0.4) is 0 Å². The summed E-state index contributed by atoms with van der Waals surface area (Å²) in [5.41, 5.74) is 0.527. The highest BCUT2D eigenvalue weighted by molar-refractivity contribution is 7.15. The van der Waals surface area contributed by atoms with E-state index in [0.29, 0.717) is 23.3 Å². The summed E-state index contributed by atoms with van der Waals surface area (Å²) < 4.78 is 44.0. The molecule has 0 unspecified atom stereocenters. The van der Waals surface area contributed by atoms with Crippen LogP contribution in [0.5, 0.6) is 5.75 Å². The topological polar surface area (TPSA) is 76.5 Å². The largest absolute Gasteiger partial charge is 0.497 e. The van der Waals surface area contributed by atoms with E-state index in [0.717, 1.165) is 28.8 Å². The van der Waals surface area contributed by atoms with E-state index in [1.807, 2.05) is 24.3 Å². The molecule has 0 atom stereocenters. The van der Waals surface area contributed by atoms with Crippen LogP contribution in [0.15, 0.2) is 47.7 Å². The van der Waals surface area contributed by atoms with Gasteiger partial charge in [-0.15, -0.1) is 11.3 Å². The van der Waals surface area contributed by atoms with Gasteiger partial charge in [0, 0.05) is 6.20 Å². The smallest absolute Gasteiger partial charge is 0.418 e. The number of anilines is 1. The number of aromatic nitrogens is 2. The predicted octanol–water partition coefficient (Wildman–Crippen LogP) is 5.48. The molecule has 3 aromatic rings. The van der Waals surface area contributed by atoms with Crippen LogP contribution < -0.4 is 10.1 Å². The molecule has 2 aromatic heterocycles. The maximum atomic E-state index is 13.0. The molecule has 6 nitrogen and oxygen atoms in total. The minimum Gasteiger partial charge on any atom is -0.497 e. The number of carbonyl (C=O) groups excluding carboxylic acids is 1. The average molecular weight is 469 g/mol. The number of carbonyl (C=O) groups is 1. The van der Waals surface area contributed by atoms with Gasteiger partial charge >= 0.3 is 6.18 Å². The Morgan fingerprint density at radius 1 is 1.23 bits per heavy atom. The number of rotatable bonds is 6. The maximum absolute atomic E-state index is 13.0. The predicted molar refractivity (Wildman–Crippen MR) is 113 cm³/mol. The monoisotopic (exact) mass is 468 g/mol. The molecule has 1 N–H and O–H groups in total. The number of pyridine rings is 1. The number of halogens is 4. The van der Waals surface area contributed by atoms with Gasteiger partial charge in [0.25, 0.3) is 5.91 Å². The molecule has 0 aliphatic carbocycles. The molecular formula is C20H16ClF3N4O2S. The van der Waals surface area contributed by atoms with Crippen LogP contribution in [-0.4, -0.2) is 28.7 Å². The van der Waals surface area contributed by atoms with Crippen molar-refractivity contribution in [3.8, 4) is 5.75 Å². The molecule has 162 valence electrons. The van der Waals surface area contributed by atoms with Crippen LogP contribution in [0.2, 0.25) is 5.02 Å². The summed E-state index contributed by atoms with van der Waals surface area (Å²) >= 11 is 6.61. The second-order valence-corrected chi connectivity index (χ2v) is 7.72. The average Bonchev–Trinajstić information content (AvgIpc) is 3.23. The van der Waals surface area contributed by atoms with Crippen molar-refractivity contribution in [3.63, 3.8) is 0 Å². The zero-order valence-corrected chi connectivity index (χ0v) is 17.9. The van der Waals surface area contributed by atoms with Crippen molar-refractivity contribution in [2.45, 2.75) is 19.6 Å². The zero-order valence-electron chi connectivity index (χ0n) is 16.3. The first-order valence-electron chi connectivity index (χ1n) is 8.81. The van der Waals surface area contributed by atoms with Crippen molar-refractivity contribution in [1.29, 1.82) is 0 Å². The summed E-state index contributed by atoms with van der Waals surface area (Å²) in [7, 11) is 1.59.